The summed E-state index contributed by atoms with van der Waals surface area (Å²) in [5, 5.41) is 0. The number of thioether (sulfide) groups is 1. The number of fused-ring (bicyclic) bond motifs is 2. The number of piperidine rings is 1. The van der Waals surface area contributed by atoms with Crippen molar-refractivity contribution in [1.29, 1.82) is 0 Å². The maximum atomic E-state index is 14.2. The molecule has 2 spiro atoms. The first-order valence-corrected chi connectivity index (χ1v) is 13.2. The summed E-state index contributed by atoms with van der Waals surface area (Å²) in [5.74, 6) is 0.393. The average Bonchev–Trinajstić information content (AvgIpc) is 3.54. The topological polar surface area (TPSA) is 71.6 Å². The van der Waals surface area contributed by atoms with Gasteiger partial charge < -0.3 is 14.2 Å². The summed E-state index contributed by atoms with van der Waals surface area (Å²) in [5.41, 5.74) is 2.43. The molecule has 1 atom stereocenters. The lowest BCUT2D eigenvalue weighted by molar-refractivity contribution is -0.185. The van der Waals surface area contributed by atoms with E-state index in [0.29, 0.717) is 32.2 Å². The van der Waals surface area contributed by atoms with E-state index in [4.69, 9.17) is 14.2 Å². The lowest BCUT2D eigenvalue weighted by Crippen LogP contribution is -2.53. The van der Waals surface area contributed by atoms with Crippen LogP contribution in [0.4, 0.5) is 11.4 Å². The van der Waals surface area contributed by atoms with Gasteiger partial charge in [0.2, 0.25) is 10.8 Å². The third-order valence-electron chi connectivity index (χ3n) is 7.24. The molecule has 3 saturated heterocycles. The maximum absolute atomic E-state index is 14.2. The number of carbonyl (C=O) groups excluding carboxylic acids is 2. The number of para-hydroxylation sites is 1. The second kappa shape index (κ2) is 8.81. The first-order chi connectivity index (χ1) is 17.1. The van der Waals surface area contributed by atoms with E-state index in [-0.39, 0.29) is 17.6 Å². The minimum atomic E-state index is -1.10. The second-order valence-corrected chi connectivity index (χ2v) is 10.4. The van der Waals surface area contributed by atoms with Crippen molar-refractivity contribution in [2.24, 2.45) is 0 Å². The number of hydrogen-bond donors (Lipinski definition) is 0. The largest absolute Gasteiger partial charge is 0.494 e. The minimum absolute atomic E-state index is 0.0698. The zero-order chi connectivity index (χ0) is 24.0. The zero-order valence-electron chi connectivity index (χ0n) is 19.8. The Morgan fingerprint density at radius 2 is 1.71 bits per heavy atom. The Kier molecular flexibility index (Phi) is 5.75. The average molecular weight is 496 g/mol. The van der Waals surface area contributed by atoms with Crippen LogP contribution in [0.15, 0.2) is 48.5 Å². The molecule has 0 saturated carbocycles. The number of hydrogen-bond acceptors (Lipinski definition) is 7. The fourth-order valence-electron chi connectivity index (χ4n) is 5.57. The first kappa shape index (κ1) is 22.8. The van der Waals surface area contributed by atoms with Crippen molar-refractivity contribution in [2.45, 2.75) is 30.4 Å². The van der Waals surface area contributed by atoms with Crippen LogP contribution in [-0.4, -0.2) is 67.8 Å². The monoisotopic (exact) mass is 495 g/mol. The van der Waals surface area contributed by atoms with Gasteiger partial charge in [-0.25, -0.2) is 0 Å². The molecule has 0 unspecified atom stereocenters. The van der Waals surface area contributed by atoms with Gasteiger partial charge in [-0.1, -0.05) is 18.2 Å². The van der Waals surface area contributed by atoms with E-state index in [1.807, 2.05) is 60.4 Å². The van der Waals surface area contributed by atoms with Crippen LogP contribution < -0.4 is 14.5 Å². The van der Waals surface area contributed by atoms with Crippen LogP contribution in [0.25, 0.3) is 0 Å². The highest BCUT2D eigenvalue weighted by atomic mass is 32.2. The Hall–Kier alpha value is -2.59. The number of ether oxygens (including phenoxy) is 3. The summed E-state index contributed by atoms with van der Waals surface area (Å²) >= 11 is 1.41. The van der Waals surface area contributed by atoms with Crippen LogP contribution in [0.1, 0.15) is 25.3 Å². The van der Waals surface area contributed by atoms with E-state index >= 15 is 0 Å². The number of anilines is 2. The van der Waals surface area contributed by atoms with Crippen molar-refractivity contribution in [2.75, 3.05) is 55.1 Å². The third-order valence-corrected chi connectivity index (χ3v) is 8.63. The molecular weight excluding hydrogens is 466 g/mol. The molecule has 0 N–H and O–H groups in total. The molecule has 184 valence electrons. The molecule has 6 rings (SSSR count). The highest BCUT2D eigenvalue weighted by molar-refractivity contribution is 8.02. The Morgan fingerprint density at radius 3 is 2.43 bits per heavy atom. The van der Waals surface area contributed by atoms with Gasteiger partial charge in [-0.05, 0) is 37.3 Å². The molecule has 4 heterocycles. The van der Waals surface area contributed by atoms with Gasteiger partial charge >= 0.3 is 0 Å². The predicted molar refractivity (Wildman–Crippen MR) is 133 cm³/mol. The molecule has 2 amide bonds. The summed E-state index contributed by atoms with van der Waals surface area (Å²) in [7, 11) is 0. The van der Waals surface area contributed by atoms with Crippen molar-refractivity contribution in [3.8, 4) is 5.75 Å². The van der Waals surface area contributed by atoms with Crippen molar-refractivity contribution < 1.29 is 23.8 Å². The highest BCUT2D eigenvalue weighted by Crippen LogP contribution is 2.55. The third kappa shape index (κ3) is 3.64. The lowest BCUT2D eigenvalue weighted by atomic mass is 10.0. The molecule has 0 aromatic heterocycles. The predicted octanol–water partition coefficient (Wildman–Crippen LogP) is 3.16. The summed E-state index contributed by atoms with van der Waals surface area (Å²) < 4.78 is 17.3. The molecule has 0 radical (unpaired) electrons. The Bertz CT molecular complexity index is 1130. The van der Waals surface area contributed by atoms with Gasteiger partial charge in [0.15, 0.2) is 5.79 Å². The van der Waals surface area contributed by atoms with Gasteiger partial charge in [0.1, 0.15) is 5.75 Å². The normalized spacial score (nSPS) is 25.7. The van der Waals surface area contributed by atoms with Gasteiger partial charge in [0.25, 0.3) is 5.91 Å². The van der Waals surface area contributed by atoms with Gasteiger partial charge in [-0.2, -0.15) is 0 Å². The standard InChI is InChI=1S/C26H29N3O5S/c1-2-32-20-9-7-19(8-10-20)29-23(30)17-35-26(29)21-5-3-4-6-22(21)28(24(26)31)18-27-13-11-25(12-14-27)33-15-16-34-25/h3-10H,2,11-18H2,1H3/t26-/m1/s1. The Morgan fingerprint density at radius 1 is 1.00 bits per heavy atom. The molecule has 3 fully saturated rings. The highest BCUT2D eigenvalue weighted by Gasteiger charge is 2.61. The second-order valence-electron chi connectivity index (χ2n) is 9.21. The van der Waals surface area contributed by atoms with Crippen molar-refractivity contribution in [1.82, 2.24) is 4.90 Å². The van der Waals surface area contributed by atoms with Gasteiger partial charge in [-0.3, -0.25) is 24.3 Å². The number of nitrogens with zero attached hydrogens (tertiary/aromatic N) is 3. The van der Waals surface area contributed by atoms with Gasteiger partial charge in [0, 0.05) is 37.2 Å². The maximum Gasteiger partial charge on any atom is 0.269 e. The van der Waals surface area contributed by atoms with Crippen LogP contribution in [0.5, 0.6) is 5.75 Å². The van der Waals surface area contributed by atoms with Gasteiger partial charge in [-0.15, -0.1) is 11.8 Å². The minimum Gasteiger partial charge on any atom is -0.494 e. The fraction of sp³-hybridized carbons (Fsp3) is 0.462. The first-order valence-electron chi connectivity index (χ1n) is 12.2. The molecule has 8 nitrogen and oxygen atoms in total. The van der Waals surface area contributed by atoms with E-state index in [1.54, 1.807) is 4.90 Å². The smallest absolute Gasteiger partial charge is 0.269 e. The fourth-order valence-corrected chi connectivity index (χ4v) is 6.93. The summed E-state index contributed by atoms with van der Waals surface area (Å²) in [6.45, 7) is 5.84. The number of carbonyl (C=O) groups is 2. The molecule has 2 aromatic carbocycles. The lowest BCUT2D eigenvalue weighted by Gasteiger charge is -2.39. The molecule has 4 aliphatic rings. The van der Waals surface area contributed by atoms with Crippen molar-refractivity contribution in [3.05, 3.63) is 54.1 Å². The summed E-state index contributed by atoms with van der Waals surface area (Å²) in [4.78, 5) is 32.1. The quantitative estimate of drug-likeness (QED) is 0.631. The molecule has 0 bridgehead atoms. The molecule has 4 aliphatic heterocycles. The molecule has 35 heavy (non-hydrogen) atoms. The van der Waals surface area contributed by atoms with Crippen LogP contribution >= 0.6 is 11.8 Å². The zero-order valence-corrected chi connectivity index (χ0v) is 20.6. The summed E-state index contributed by atoms with van der Waals surface area (Å²) in [6.07, 6.45) is 1.57. The molecule has 2 aromatic rings. The number of benzene rings is 2. The van der Waals surface area contributed by atoms with E-state index in [9.17, 15) is 9.59 Å². The van der Waals surface area contributed by atoms with E-state index < -0.39 is 10.7 Å². The SMILES string of the molecule is CCOc1ccc(N2C(=O)CS[C@]23C(=O)N(CN2CCC4(CC2)OCCO4)c2ccccc23)cc1. The summed E-state index contributed by atoms with van der Waals surface area (Å²) in [6, 6.07) is 15.3. The molecular formula is C26H29N3O5S. The van der Waals surface area contributed by atoms with Gasteiger partial charge in [0.05, 0.1) is 37.9 Å². The number of likely N-dealkylation sites (tertiary alicyclic amines) is 1. The molecule has 9 heteroatoms. The number of amides is 2. The van der Waals surface area contributed by atoms with Crippen LogP contribution in [0, 0.1) is 0 Å². The van der Waals surface area contributed by atoms with E-state index in [1.165, 1.54) is 11.8 Å². The number of rotatable bonds is 5. The van der Waals surface area contributed by atoms with Crippen LogP contribution in [-0.2, 0) is 23.9 Å². The Balaban J connectivity index is 1.30. The van der Waals surface area contributed by atoms with Crippen molar-refractivity contribution in [3.63, 3.8) is 0 Å². The van der Waals surface area contributed by atoms with Crippen LogP contribution in [0.2, 0.25) is 0 Å². The van der Waals surface area contributed by atoms with Crippen molar-refractivity contribution >= 4 is 35.0 Å². The van der Waals surface area contributed by atoms with E-state index in [2.05, 4.69) is 4.90 Å². The van der Waals surface area contributed by atoms with Crippen LogP contribution in [0.3, 0.4) is 0 Å². The Labute approximate surface area is 209 Å². The van der Waals surface area contributed by atoms with E-state index in [0.717, 1.165) is 42.9 Å². The molecule has 0 aliphatic carbocycles.